The number of aliphatic imine (C=N–C) groups is 1. The van der Waals surface area contributed by atoms with E-state index in [4.69, 9.17) is 4.74 Å². The Kier molecular flexibility index (Phi) is 5.56. The number of rotatable bonds is 4. The lowest BCUT2D eigenvalue weighted by Gasteiger charge is -2.09. The molecule has 132 valence electrons. The summed E-state index contributed by atoms with van der Waals surface area (Å²) in [6.07, 6.45) is 1.87. The second-order valence-electron chi connectivity index (χ2n) is 5.98. The van der Waals surface area contributed by atoms with E-state index in [1.54, 1.807) is 12.1 Å². The number of hydrogen-bond donors (Lipinski definition) is 0. The molecule has 0 aliphatic carbocycles. The van der Waals surface area contributed by atoms with Crippen LogP contribution in [0.3, 0.4) is 0 Å². The van der Waals surface area contributed by atoms with Gasteiger partial charge in [-0.15, -0.1) is 0 Å². The number of halogens is 1. The molecule has 0 saturated carbocycles. The van der Waals surface area contributed by atoms with Crippen LogP contribution in [-0.4, -0.2) is 16.8 Å². The van der Waals surface area contributed by atoms with E-state index in [0.29, 0.717) is 5.75 Å². The monoisotopic (exact) mass is 458 g/mol. The van der Waals surface area contributed by atoms with E-state index < -0.39 is 0 Å². The van der Waals surface area contributed by atoms with Crippen LogP contribution in [0.2, 0.25) is 0 Å². The van der Waals surface area contributed by atoms with Crippen molar-refractivity contribution in [3.05, 3.63) is 75.1 Å². The molecular weight excluding hydrogens is 439 g/mol. The van der Waals surface area contributed by atoms with Gasteiger partial charge < -0.3 is 9.30 Å². The van der Waals surface area contributed by atoms with Crippen LogP contribution in [0.1, 0.15) is 23.9 Å². The molecule has 0 fully saturated rings. The van der Waals surface area contributed by atoms with Gasteiger partial charge in [0, 0.05) is 39.3 Å². The average molecular weight is 458 g/mol. The van der Waals surface area contributed by atoms with Crippen molar-refractivity contribution in [2.75, 3.05) is 0 Å². The third kappa shape index (κ3) is 4.22. The first-order valence-electron chi connectivity index (χ1n) is 8.21. The van der Waals surface area contributed by atoms with Crippen molar-refractivity contribution in [3.63, 3.8) is 0 Å². The Morgan fingerprint density at radius 2 is 1.73 bits per heavy atom. The summed E-state index contributed by atoms with van der Waals surface area (Å²) < 4.78 is 8.47. The van der Waals surface area contributed by atoms with Gasteiger partial charge in [-0.05, 0) is 91.0 Å². The van der Waals surface area contributed by atoms with Crippen LogP contribution in [-0.2, 0) is 4.79 Å². The highest BCUT2D eigenvalue weighted by Gasteiger charge is 2.09. The van der Waals surface area contributed by atoms with Crippen LogP contribution in [0.25, 0.3) is 5.69 Å². The smallest absolute Gasteiger partial charge is 0.308 e. The van der Waals surface area contributed by atoms with Gasteiger partial charge in [-0.2, -0.15) is 0 Å². The lowest BCUT2D eigenvalue weighted by molar-refractivity contribution is -0.131. The van der Waals surface area contributed by atoms with Crippen LogP contribution in [0.4, 0.5) is 5.69 Å². The average Bonchev–Trinajstić information content (AvgIpc) is 2.89. The van der Waals surface area contributed by atoms with Crippen LogP contribution in [0.15, 0.2) is 59.6 Å². The largest absolute Gasteiger partial charge is 0.427 e. The second-order valence-corrected chi connectivity index (χ2v) is 7.23. The van der Waals surface area contributed by atoms with Crippen molar-refractivity contribution in [1.29, 1.82) is 0 Å². The quantitative estimate of drug-likeness (QED) is 0.228. The van der Waals surface area contributed by atoms with Gasteiger partial charge in [0.05, 0.1) is 5.69 Å². The van der Waals surface area contributed by atoms with Crippen molar-refractivity contribution >= 4 is 40.5 Å². The SMILES string of the molecule is CC(=O)Oc1ccc(N=Cc2cc(C)n(-c3ccc(I)cc3)c2C)cc1. The molecule has 0 saturated heterocycles. The number of aromatic nitrogens is 1. The predicted octanol–water partition coefficient (Wildman–Crippen LogP) is 5.37. The van der Waals surface area contributed by atoms with Crippen LogP contribution in [0, 0.1) is 17.4 Å². The molecule has 0 bridgehead atoms. The number of aryl methyl sites for hydroxylation is 1. The minimum Gasteiger partial charge on any atom is -0.427 e. The number of benzene rings is 2. The minimum absolute atomic E-state index is 0.329. The normalized spacial score (nSPS) is 11.1. The molecule has 4 nitrogen and oxygen atoms in total. The van der Waals surface area contributed by atoms with Crippen molar-refractivity contribution in [2.45, 2.75) is 20.8 Å². The fourth-order valence-electron chi connectivity index (χ4n) is 2.82. The van der Waals surface area contributed by atoms with Crippen molar-refractivity contribution in [3.8, 4) is 11.4 Å². The highest BCUT2D eigenvalue weighted by atomic mass is 127. The summed E-state index contributed by atoms with van der Waals surface area (Å²) in [4.78, 5) is 15.5. The number of carbonyl (C=O) groups excluding carboxylic acids is 1. The third-order valence-electron chi connectivity index (χ3n) is 4.01. The maximum absolute atomic E-state index is 11.0. The molecule has 0 aliphatic heterocycles. The first kappa shape index (κ1) is 18.4. The molecule has 2 aromatic carbocycles. The second kappa shape index (κ2) is 7.86. The molecule has 0 amide bonds. The molecule has 1 heterocycles. The molecule has 1 aromatic heterocycles. The summed E-state index contributed by atoms with van der Waals surface area (Å²) in [6.45, 7) is 5.57. The van der Waals surface area contributed by atoms with E-state index in [-0.39, 0.29) is 5.97 Å². The zero-order valence-electron chi connectivity index (χ0n) is 14.9. The summed E-state index contributed by atoms with van der Waals surface area (Å²) in [6, 6.07) is 17.7. The van der Waals surface area contributed by atoms with Gasteiger partial charge in [0.25, 0.3) is 0 Å². The van der Waals surface area contributed by atoms with Crippen LogP contribution < -0.4 is 4.74 Å². The molecule has 0 spiro atoms. The van der Waals surface area contributed by atoms with Crippen molar-refractivity contribution in [2.24, 2.45) is 4.99 Å². The Morgan fingerprint density at radius 1 is 1.08 bits per heavy atom. The highest BCUT2D eigenvalue weighted by Crippen LogP contribution is 2.22. The Bertz CT molecular complexity index is 955. The Labute approximate surface area is 166 Å². The van der Waals surface area contributed by atoms with E-state index in [1.807, 2.05) is 18.3 Å². The molecule has 0 aliphatic rings. The van der Waals surface area contributed by atoms with Gasteiger partial charge in [0.1, 0.15) is 5.75 Å². The van der Waals surface area contributed by atoms with Crippen molar-refractivity contribution < 1.29 is 9.53 Å². The van der Waals surface area contributed by atoms with Crippen molar-refractivity contribution in [1.82, 2.24) is 4.57 Å². The molecule has 3 aromatic rings. The van der Waals surface area contributed by atoms with Gasteiger partial charge in [-0.1, -0.05) is 0 Å². The first-order chi connectivity index (χ1) is 12.4. The third-order valence-corrected chi connectivity index (χ3v) is 4.73. The van der Waals surface area contributed by atoms with E-state index in [1.165, 1.54) is 10.5 Å². The lowest BCUT2D eigenvalue weighted by Crippen LogP contribution is -2.00. The first-order valence-corrected chi connectivity index (χ1v) is 9.29. The Morgan fingerprint density at radius 3 is 2.35 bits per heavy atom. The van der Waals surface area contributed by atoms with Gasteiger partial charge in [0.15, 0.2) is 0 Å². The molecule has 0 atom stereocenters. The van der Waals surface area contributed by atoms with Gasteiger partial charge in [0.2, 0.25) is 0 Å². The Hall–Kier alpha value is -2.41. The van der Waals surface area contributed by atoms with Crippen LogP contribution >= 0.6 is 22.6 Å². The molecular formula is C21H19IN2O2. The fourth-order valence-corrected chi connectivity index (χ4v) is 3.18. The van der Waals surface area contributed by atoms with Gasteiger partial charge in [-0.25, -0.2) is 0 Å². The fraction of sp³-hybridized carbons (Fsp3) is 0.143. The maximum Gasteiger partial charge on any atom is 0.308 e. The predicted molar refractivity (Wildman–Crippen MR) is 113 cm³/mol. The molecule has 3 rings (SSSR count). The van der Waals surface area contributed by atoms with E-state index in [2.05, 4.69) is 76.3 Å². The summed E-state index contributed by atoms with van der Waals surface area (Å²) in [5.41, 5.74) is 5.33. The van der Waals surface area contributed by atoms with Gasteiger partial charge >= 0.3 is 5.97 Å². The van der Waals surface area contributed by atoms with Gasteiger partial charge in [-0.3, -0.25) is 9.79 Å². The zero-order chi connectivity index (χ0) is 18.7. The molecule has 0 N–H and O–H groups in total. The van der Waals surface area contributed by atoms with E-state index >= 15 is 0 Å². The summed E-state index contributed by atoms with van der Waals surface area (Å²) in [5.74, 6) is 0.192. The molecule has 26 heavy (non-hydrogen) atoms. The summed E-state index contributed by atoms with van der Waals surface area (Å²) in [5, 5.41) is 0. The summed E-state index contributed by atoms with van der Waals surface area (Å²) >= 11 is 2.31. The highest BCUT2D eigenvalue weighted by molar-refractivity contribution is 14.1. The number of hydrogen-bond acceptors (Lipinski definition) is 3. The minimum atomic E-state index is -0.329. The lowest BCUT2D eigenvalue weighted by atomic mass is 10.2. The van der Waals surface area contributed by atoms with Crippen LogP contribution in [0.5, 0.6) is 5.75 Å². The molecule has 0 unspecified atom stereocenters. The number of nitrogens with zero attached hydrogens (tertiary/aromatic N) is 2. The van der Waals surface area contributed by atoms with E-state index in [0.717, 1.165) is 28.3 Å². The molecule has 0 radical (unpaired) electrons. The van der Waals surface area contributed by atoms with E-state index in [9.17, 15) is 4.79 Å². The number of esters is 1. The maximum atomic E-state index is 11.0. The molecule has 5 heteroatoms. The topological polar surface area (TPSA) is 43.6 Å². The number of carbonyl (C=O) groups is 1. The number of ether oxygens (including phenoxy) is 1. The summed E-state index contributed by atoms with van der Waals surface area (Å²) in [7, 11) is 0. The standard InChI is InChI=1S/C21H19IN2O2/c1-14-12-17(15(2)24(14)20-8-4-18(22)5-9-20)13-23-19-6-10-21(11-7-19)26-16(3)25/h4-13H,1-3H3. The Balaban J connectivity index is 1.84. The zero-order valence-corrected chi connectivity index (χ0v) is 17.0.